The molecule has 0 aromatic rings. The predicted octanol–water partition coefficient (Wildman–Crippen LogP) is 8.08. The minimum absolute atomic E-state index is 0.255. The van der Waals surface area contributed by atoms with Crippen molar-refractivity contribution in [1.82, 2.24) is 0 Å². The van der Waals surface area contributed by atoms with Gasteiger partial charge in [-0.3, -0.25) is 0 Å². The number of alkyl halides is 1. The maximum Gasteiger partial charge on any atom is 0.123 e. The molecule has 0 aromatic carbocycles. The third kappa shape index (κ3) is 18.3. The van der Waals surface area contributed by atoms with Crippen LogP contribution in [-0.2, 0) is 4.79 Å². The second-order valence-electron chi connectivity index (χ2n) is 7.47. The SMILES string of the molecule is CCCCCCCCCCCCCCCCCC(C=O)CCCCl. The topological polar surface area (TPSA) is 17.1 Å². The molecule has 24 heavy (non-hydrogen) atoms. The lowest BCUT2D eigenvalue weighted by molar-refractivity contribution is -0.111. The zero-order chi connectivity index (χ0) is 17.7. The molecule has 0 aliphatic heterocycles. The quantitative estimate of drug-likeness (QED) is 0.122. The van der Waals surface area contributed by atoms with Gasteiger partial charge in [-0.2, -0.15) is 0 Å². The largest absolute Gasteiger partial charge is 0.303 e. The van der Waals surface area contributed by atoms with Gasteiger partial charge in [-0.1, -0.05) is 103 Å². The van der Waals surface area contributed by atoms with Crippen LogP contribution in [0.25, 0.3) is 0 Å². The van der Waals surface area contributed by atoms with Crippen LogP contribution in [0.2, 0.25) is 0 Å². The van der Waals surface area contributed by atoms with Gasteiger partial charge in [0.1, 0.15) is 6.29 Å². The maximum atomic E-state index is 10.9. The van der Waals surface area contributed by atoms with Crippen molar-refractivity contribution >= 4 is 17.9 Å². The Morgan fingerprint density at radius 2 is 1.00 bits per heavy atom. The Balaban J connectivity index is 3.13. The third-order valence-corrected chi connectivity index (χ3v) is 5.35. The predicted molar refractivity (Wildman–Crippen MR) is 109 cm³/mol. The highest BCUT2D eigenvalue weighted by molar-refractivity contribution is 6.17. The standard InChI is InChI=1S/C22H43ClO/c1-2-3-4-5-6-7-8-9-10-11-12-13-14-15-16-18-22(21-24)19-17-20-23/h21-22H,2-20H2,1H3. The molecule has 0 N–H and O–H groups in total. The van der Waals surface area contributed by atoms with Gasteiger partial charge in [0.15, 0.2) is 0 Å². The number of unbranched alkanes of at least 4 members (excludes halogenated alkanes) is 14. The number of carbonyl (C=O) groups excluding carboxylic acids is 1. The highest BCUT2D eigenvalue weighted by Crippen LogP contribution is 2.16. The Hall–Kier alpha value is -0.0400. The molecule has 0 radical (unpaired) electrons. The minimum Gasteiger partial charge on any atom is -0.303 e. The number of rotatable bonds is 20. The van der Waals surface area contributed by atoms with E-state index in [0.717, 1.165) is 25.5 Å². The van der Waals surface area contributed by atoms with E-state index in [1.807, 2.05) is 0 Å². The van der Waals surface area contributed by atoms with Crippen molar-refractivity contribution in [3.8, 4) is 0 Å². The zero-order valence-electron chi connectivity index (χ0n) is 16.4. The fourth-order valence-corrected chi connectivity index (χ4v) is 3.55. The number of aldehydes is 1. The van der Waals surface area contributed by atoms with Crippen molar-refractivity contribution in [2.45, 2.75) is 122 Å². The average Bonchev–Trinajstić information content (AvgIpc) is 2.61. The van der Waals surface area contributed by atoms with E-state index in [4.69, 9.17) is 11.6 Å². The van der Waals surface area contributed by atoms with Gasteiger partial charge in [0, 0.05) is 11.8 Å². The lowest BCUT2D eigenvalue weighted by Crippen LogP contribution is -2.02. The van der Waals surface area contributed by atoms with E-state index >= 15 is 0 Å². The molecule has 0 amide bonds. The summed E-state index contributed by atoms with van der Waals surface area (Å²) in [5.74, 6) is 0.939. The first kappa shape index (κ1) is 24.0. The Morgan fingerprint density at radius 1 is 0.625 bits per heavy atom. The van der Waals surface area contributed by atoms with Crippen LogP contribution in [0.15, 0.2) is 0 Å². The van der Waals surface area contributed by atoms with E-state index in [1.54, 1.807) is 0 Å². The van der Waals surface area contributed by atoms with Gasteiger partial charge in [0.25, 0.3) is 0 Å². The summed E-state index contributed by atoms with van der Waals surface area (Å²) in [6, 6.07) is 0. The summed E-state index contributed by atoms with van der Waals surface area (Å²) in [7, 11) is 0. The molecule has 0 heterocycles. The summed E-state index contributed by atoms with van der Waals surface area (Å²) in [5.41, 5.74) is 0. The molecule has 0 aromatic heterocycles. The lowest BCUT2D eigenvalue weighted by Gasteiger charge is -2.08. The summed E-state index contributed by atoms with van der Waals surface area (Å²) in [4.78, 5) is 10.9. The Labute approximate surface area is 157 Å². The first-order valence-electron chi connectivity index (χ1n) is 10.9. The molecule has 0 aliphatic rings. The highest BCUT2D eigenvalue weighted by Gasteiger charge is 2.06. The fourth-order valence-electron chi connectivity index (χ4n) is 3.40. The van der Waals surface area contributed by atoms with E-state index in [9.17, 15) is 4.79 Å². The van der Waals surface area contributed by atoms with Gasteiger partial charge in [0.05, 0.1) is 0 Å². The molecule has 1 atom stereocenters. The average molecular weight is 359 g/mol. The van der Waals surface area contributed by atoms with Crippen molar-refractivity contribution in [2.75, 3.05) is 5.88 Å². The van der Waals surface area contributed by atoms with Crippen molar-refractivity contribution in [1.29, 1.82) is 0 Å². The lowest BCUT2D eigenvalue weighted by atomic mass is 9.97. The van der Waals surface area contributed by atoms with Gasteiger partial charge in [0.2, 0.25) is 0 Å². The van der Waals surface area contributed by atoms with E-state index in [1.165, 1.54) is 96.3 Å². The number of carbonyl (C=O) groups is 1. The van der Waals surface area contributed by atoms with Gasteiger partial charge >= 0.3 is 0 Å². The van der Waals surface area contributed by atoms with Crippen LogP contribution in [0, 0.1) is 5.92 Å². The Kier molecular flexibility index (Phi) is 21.0. The van der Waals surface area contributed by atoms with Crippen LogP contribution < -0.4 is 0 Å². The van der Waals surface area contributed by atoms with Gasteiger partial charge in [-0.05, 0) is 19.3 Å². The summed E-state index contributed by atoms with van der Waals surface area (Å²) >= 11 is 5.68. The first-order chi connectivity index (χ1) is 11.8. The van der Waals surface area contributed by atoms with Crippen LogP contribution in [0.5, 0.6) is 0 Å². The second-order valence-corrected chi connectivity index (χ2v) is 7.84. The van der Waals surface area contributed by atoms with Crippen LogP contribution >= 0.6 is 11.6 Å². The zero-order valence-corrected chi connectivity index (χ0v) is 17.1. The Morgan fingerprint density at radius 3 is 1.38 bits per heavy atom. The van der Waals surface area contributed by atoms with Crippen molar-refractivity contribution in [3.63, 3.8) is 0 Å². The first-order valence-corrected chi connectivity index (χ1v) is 11.4. The summed E-state index contributed by atoms with van der Waals surface area (Å²) in [6.45, 7) is 2.28. The van der Waals surface area contributed by atoms with Gasteiger partial charge < -0.3 is 4.79 Å². The molecule has 0 saturated heterocycles. The van der Waals surface area contributed by atoms with Gasteiger partial charge in [-0.25, -0.2) is 0 Å². The van der Waals surface area contributed by atoms with E-state index in [0.29, 0.717) is 5.88 Å². The molecule has 0 saturated carbocycles. The van der Waals surface area contributed by atoms with E-state index < -0.39 is 0 Å². The van der Waals surface area contributed by atoms with Crippen LogP contribution in [0.3, 0.4) is 0 Å². The number of hydrogen-bond donors (Lipinski definition) is 0. The molecule has 0 rings (SSSR count). The fraction of sp³-hybridized carbons (Fsp3) is 0.955. The van der Waals surface area contributed by atoms with Crippen LogP contribution in [0.1, 0.15) is 122 Å². The van der Waals surface area contributed by atoms with Crippen LogP contribution in [-0.4, -0.2) is 12.2 Å². The summed E-state index contributed by atoms with van der Waals surface area (Å²) < 4.78 is 0. The van der Waals surface area contributed by atoms with Crippen molar-refractivity contribution in [3.05, 3.63) is 0 Å². The molecule has 0 spiro atoms. The third-order valence-electron chi connectivity index (χ3n) is 5.08. The summed E-state index contributed by atoms with van der Waals surface area (Å²) in [6.07, 6.45) is 25.1. The second kappa shape index (κ2) is 21.0. The molecule has 1 nitrogen and oxygen atoms in total. The molecule has 144 valence electrons. The van der Waals surface area contributed by atoms with Crippen LogP contribution in [0.4, 0.5) is 0 Å². The monoisotopic (exact) mass is 358 g/mol. The van der Waals surface area contributed by atoms with Gasteiger partial charge in [-0.15, -0.1) is 11.6 Å². The molecular weight excluding hydrogens is 316 g/mol. The molecule has 1 unspecified atom stereocenters. The number of hydrogen-bond acceptors (Lipinski definition) is 1. The molecule has 0 bridgehead atoms. The minimum atomic E-state index is 0.255. The maximum absolute atomic E-state index is 10.9. The highest BCUT2D eigenvalue weighted by atomic mass is 35.5. The Bertz CT molecular complexity index is 242. The van der Waals surface area contributed by atoms with E-state index in [2.05, 4.69) is 6.92 Å². The molecular formula is C22H43ClO. The van der Waals surface area contributed by atoms with E-state index in [-0.39, 0.29) is 5.92 Å². The summed E-state index contributed by atoms with van der Waals surface area (Å²) in [5, 5.41) is 0. The normalized spacial score (nSPS) is 12.4. The molecule has 0 aliphatic carbocycles. The smallest absolute Gasteiger partial charge is 0.123 e. The molecule has 0 fully saturated rings. The number of halogens is 1. The van der Waals surface area contributed by atoms with Crippen molar-refractivity contribution in [2.24, 2.45) is 5.92 Å². The van der Waals surface area contributed by atoms with Crippen molar-refractivity contribution < 1.29 is 4.79 Å². The molecule has 2 heteroatoms.